The monoisotopic (exact) mass is 438 g/mol. The van der Waals surface area contributed by atoms with Crippen molar-refractivity contribution in [1.29, 1.82) is 0 Å². The molecule has 2 heterocycles. The van der Waals surface area contributed by atoms with Gasteiger partial charge in [-0.25, -0.2) is 9.78 Å². The topological polar surface area (TPSA) is 85.4 Å². The number of benzene rings is 2. The molecule has 0 saturated heterocycles. The number of methoxy groups -OCH3 is 2. The van der Waals surface area contributed by atoms with E-state index in [-0.39, 0.29) is 6.03 Å². The number of rotatable bonds is 6. The highest BCUT2D eigenvalue weighted by Crippen LogP contribution is 2.40. The predicted molar refractivity (Wildman–Crippen MR) is 120 cm³/mol. The Kier molecular flexibility index (Phi) is 6.01. The molecule has 2 N–H and O–H groups in total. The number of thiazole rings is 1. The van der Waals surface area contributed by atoms with Crippen molar-refractivity contribution in [3.8, 4) is 11.5 Å². The Bertz CT molecular complexity index is 1180. The van der Waals surface area contributed by atoms with Crippen LogP contribution in [0.1, 0.15) is 0 Å². The van der Waals surface area contributed by atoms with Crippen LogP contribution in [0.15, 0.2) is 70.2 Å². The van der Waals surface area contributed by atoms with Crippen molar-refractivity contribution in [3.05, 3.63) is 60.9 Å². The number of nitrogens with zero attached hydrogens (tertiary/aromatic N) is 2. The van der Waals surface area contributed by atoms with Crippen LogP contribution >= 0.6 is 23.1 Å². The Labute approximate surface area is 181 Å². The molecule has 0 fully saturated rings. The molecule has 9 heteroatoms. The van der Waals surface area contributed by atoms with Gasteiger partial charge in [0.1, 0.15) is 5.00 Å². The average Bonchev–Trinajstić information content (AvgIpc) is 3.20. The van der Waals surface area contributed by atoms with E-state index in [1.807, 2.05) is 48.5 Å². The SMILES string of the molecule is COc1cc2nccc(Sc3ncc(NC(=O)Nc4ccccc4)s3)c2cc1OC. The number of amides is 2. The Balaban J connectivity index is 1.51. The van der Waals surface area contributed by atoms with E-state index in [2.05, 4.69) is 20.6 Å². The summed E-state index contributed by atoms with van der Waals surface area (Å²) in [5.74, 6) is 1.27. The second-order valence-electron chi connectivity index (χ2n) is 6.07. The minimum atomic E-state index is -0.312. The van der Waals surface area contributed by atoms with Gasteiger partial charge in [-0.1, -0.05) is 41.3 Å². The first-order valence-corrected chi connectivity index (χ1v) is 10.6. The average molecular weight is 439 g/mol. The summed E-state index contributed by atoms with van der Waals surface area (Å²) in [5.41, 5.74) is 1.52. The second-order valence-corrected chi connectivity index (χ2v) is 8.39. The van der Waals surface area contributed by atoms with Gasteiger partial charge in [0.25, 0.3) is 0 Å². The van der Waals surface area contributed by atoms with Crippen LogP contribution in [0.2, 0.25) is 0 Å². The number of carbonyl (C=O) groups excluding carboxylic acids is 1. The first kappa shape index (κ1) is 20.0. The summed E-state index contributed by atoms with van der Waals surface area (Å²) < 4.78 is 11.6. The number of fused-ring (bicyclic) bond motifs is 1. The van der Waals surface area contributed by atoms with Crippen molar-refractivity contribution in [2.24, 2.45) is 0 Å². The maximum atomic E-state index is 12.2. The fourth-order valence-corrected chi connectivity index (χ4v) is 4.73. The maximum Gasteiger partial charge on any atom is 0.324 e. The number of aromatic nitrogens is 2. The number of ether oxygens (including phenoxy) is 2. The molecule has 2 aromatic carbocycles. The number of hydrogen-bond acceptors (Lipinski definition) is 7. The number of hydrogen-bond donors (Lipinski definition) is 2. The van der Waals surface area contributed by atoms with E-state index in [0.29, 0.717) is 16.5 Å². The molecule has 2 aromatic heterocycles. The van der Waals surface area contributed by atoms with E-state index in [1.54, 1.807) is 26.6 Å². The smallest absolute Gasteiger partial charge is 0.324 e. The van der Waals surface area contributed by atoms with E-state index in [4.69, 9.17) is 9.47 Å². The highest BCUT2D eigenvalue weighted by atomic mass is 32.2. The standard InChI is InChI=1S/C21H18N4O3S2/c1-27-16-10-14-15(11-17(16)28-2)22-9-8-18(14)29-21-23-12-19(30-21)25-20(26)24-13-6-4-3-5-7-13/h3-12H,1-2H3,(H2,24,25,26). The van der Waals surface area contributed by atoms with Crippen LogP contribution < -0.4 is 20.1 Å². The van der Waals surface area contributed by atoms with Gasteiger partial charge in [-0.15, -0.1) is 0 Å². The minimum absolute atomic E-state index is 0.312. The van der Waals surface area contributed by atoms with Crippen LogP contribution in [-0.4, -0.2) is 30.2 Å². The van der Waals surface area contributed by atoms with Crippen molar-refractivity contribution in [1.82, 2.24) is 9.97 Å². The first-order valence-electron chi connectivity index (χ1n) is 8.94. The van der Waals surface area contributed by atoms with Gasteiger partial charge in [0.15, 0.2) is 15.8 Å². The third-order valence-electron chi connectivity index (χ3n) is 4.16. The lowest BCUT2D eigenvalue weighted by atomic mass is 10.2. The summed E-state index contributed by atoms with van der Waals surface area (Å²) in [7, 11) is 3.20. The molecular weight excluding hydrogens is 420 g/mol. The van der Waals surface area contributed by atoms with Crippen LogP contribution in [0, 0.1) is 0 Å². The summed E-state index contributed by atoms with van der Waals surface area (Å²) in [6.45, 7) is 0. The number of urea groups is 1. The zero-order valence-electron chi connectivity index (χ0n) is 16.2. The summed E-state index contributed by atoms with van der Waals surface area (Å²) in [5, 5.41) is 7.19. The summed E-state index contributed by atoms with van der Waals surface area (Å²) in [6, 6.07) is 14.6. The van der Waals surface area contributed by atoms with E-state index >= 15 is 0 Å². The van der Waals surface area contributed by atoms with Crippen LogP contribution in [0.4, 0.5) is 15.5 Å². The highest BCUT2D eigenvalue weighted by molar-refractivity contribution is 8.01. The zero-order chi connectivity index (χ0) is 20.9. The van der Waals surface area contributed by atoms with Crippen molar-refractivity contribution in [3.63, 3.8) is 0 Å². The number of para-hydroxylation sites is 1. The second kappa shape index (κ2) is 9.02. The van der Waals surface area contributed by atoms with Gasteiger partial charge in [-0.3, -0.25) is 10.3 Å². The normalized spacial score (nSPS) is 10.6. The lowest BCUT2D eigenvalue weighted by molar-refractivity contribution is 0.262. The summed E-state index contributed by atoms with van der Waals surface area (Å²) in [4.78, 5) is 22.0. The third kappa shape index (κ3) is 4.47. The van der Waals surface area contributed by atoms with E-state index in [9.17, 15) is 4.79 Å². The molecule has 0 saturated carbocycles. The summed E-state index contributed by atoms with van der Waals surface area (Å²) >= 11 is 2.90. The lowest BCUT2D eigenvalue weighted by Crippen LogP contribution is -2.18. The molecule has 0 atom stereocenters. The van der Waals surface area contributed by atoms with Crippen LogP contribution in [0.3, 0.4) is 0 Å². The van der Waals surface area contributed by atoms with Crippen molar-refractivity contribution in [2.75, 3.05) is 24.9 Å². The molecular formula is C21H18N4O3S2. The molecule has 0 bridgehead atoms. The molecule has 7 nitrogen and oxygen atoms in total. The molecule has 4 rings (SSSR count). The van der Waals surface area contributed by atoms with Gasteiger partial charge in [0, 0.05) is 28.2 Å². The van der Waals surface area contributed by atoms with Gasteiger partial charge in [0.2, 0.25) is 0 Å². The van der Waals surface area contributed by atoms with Crippen LogP contribution in [0.5, 0.6) is 11.5 Å². The van der Waals surface area contributed by atoms with Gasteiger partial charge >= 0.3 is 6.03 Å². The summed E-state index contributed by atoms with van der Waals surface area (Å²) in [6.07, 6.45) is 3.39. The van der Waals surface area contributed by atoms with Gasteiger partial charge in [-0.2, -0.15) is 0 Å². The largest absolute Gasteiger partial charge is 0.493 e. The highest BCUT2D eigenvalue weighted by Gasteiger charge is 2.13. The van der Waals surface area contributed by atoms with Crippen LogP contribution in [-0.2, 0) is 0 Å². The molecule has 0 radical (unpaired) electrons. The molecule has 2 amide bonds. The Morgan fingerprint density at radius 1 is 1.00 bits per heavy atom. The van der Waals surface area contributed by atoms with E-state index < -0.39 is 0 Å². The third-order valence-corrected chi connectivity index (χ3v) is 6.22. The molecule has 30 heavy (non-hydrogen) atoms. The number of nitrogens with one attached hydrogen (secondary N) is 2. The lowest BCUT2D eigenvalue weighted by Gasteiger charge is -2.10. The molecule has 0 aliphatic carbocycles. The fraction of sp³-hybridized carbons (Fsp3) is 0.0952. The first-order chi connectivity index (χ1) is 14.7. The molecule has 0 aliphatic heterocycles. The minimum Gasteiger partial charge on any atom is -0.493 e. The zero-order valence-corrected chi connectivity index (χ0v) is 17.8. The van der Waals surface area contributed by atoms with Crippen molar-refractivity contribution < 1.29 is 14.3 Å². The van der Waals surface area contributed by atoms with E-state index in [0.717, 1.165) is 25.8 Å². The Morgan fingerprint density at radius 3 is 2.53 bits per heavy atom. The fourth-order valence-electron chi connectivity index (χ4n) is 2.79. The Hall–Kier alpha value is -3.30. The molecule has 0 spiro atoms. The maximum absolute atomic E-state index is 12.2. The molecule has 152 valence electrons. The van der Waals surface area contributed by atoms with Gasteiger partial charge < -0.3 is 14.8 Å². The van der Waals surface area contributed by atoms with Crippen LogP contribution in [0.25, 0.3) is 10.9 Å². The van der Waals surface area contributed by atoms with E-state index in [1.165, 1.54) is 23.1 Å². The quantitative estimate of drug-likeness (QED) is 0.413. The molecule has 0 unspecified atom stereocenters. The number of anilines is 2. The number of carbonyl (C=O) groups is 1. The molecule has 0 aliphatic rings. The van der Waals surface area contributed by atoms with Gasteiger partial charge in [-0.05, 0) is 24.3 Å². The molecule has 4 aromatic rings. The van der Waals surface area contributed by atoms with Crippen molar-refractivity contribution >= 4 is 50.7 Å². The Morgan fingerprint density at radius 2 is 1.77 bits per heavy atom. The predicted octanol–water partition coefficient (Wildman–Crippen LogP) is 5.50. The van der Waals surface area contributed by atoms with Crippen molar-refractivity contribution in [2.45, 2.75) is 9.24 Å². The number of pyridine rings is 1. The van der Waals surface area contributed by atoms with Gasteiger partial charge in [0.05, 0.1) is 25.9 Å².